The van der Waals surface area contributed by atoms with Gasteiger partial charge in [0.15, 0.2) is 0 Å². The Kier molecular flexibility index (Phi) is 5.64. The Labute approximate surface area is 153 Å². The van der Waals surface area contributed by atoms with Gasteiger partial charge in [0.25, 0.3) is 0 Å². The zero-order chi connectivity index (χ0) is 18.4. The molecule has 0 unspecified atom stereocenters. The van der Waals surface area contributed by atoms with E-state index in [1.807, 2.05) is 54.6 Å². The zero-order valence-corrected chi connectivity index (χ0v) is 14.8. The van der Waals surface area contributed by atoms with E-state index >= 15 is 0 Å². The van der Waals surface area contributed by atoms with Gasteiger partial charge in [-0.15, -0.1) is 0 Å². The molecule has 3 aromatic rings. The number of carbonyl (C=O) groups excluding carboxylic acids is 1. The SMILES string of the molecule is C/C(=N/NC(=O)CCCc1ccccc1)c1ccc2ccccc2c1O. The summed E-state index contributed by atoms with van der Waals surface area (Å²) in [5, 5.41) is 16.3. The van der Waals surface area contributed by atoms with Crippen molar-refractivity contribution in [1.29, 1.82) is 0 Å². The molecule has 0 atom stereocenters. The summed E-state index contributed by atoms with van der Waals surface area (Å²) in [5.41, 5.74) is 5.00. The highest BCUT2D eigenvalue weighted by Crippen LogP contribution is 2.28. The van der Waals surface area contributed by atoms with Gasteiger partial charge in [0.2, 0.25) is 5.91 Å². The molecule has 26 heavy (non-hydrogen) atoms. The van der Waals surface area contributed by atoms with Crippen LogP contribution in [0.15, 0.2) is 71.8 Å². The second-order valence-electron chi connectivity index (χ2n) is 6.25. The minimum atomic E-state index is -0.124. The van der Waals surface area contributed by atoms with Crippen molar-refractivity contribution in [2.45, 2.75) is 26.2 Å². The van der Waals surface area contributed by atoms with Crippen molar-refractivity contribution in [3.63, 3.8) is 0 Å². The molecule has 0 fully saturated rings. The Hall–Kier alpha value is -3.14. The van der Waals surface area contributed by atoms with Crippen LogP contribution in [0.4, 0.5) is 0 Å². The van der Waals surface area contributed by atoms with Crippen LogP contribution in [0.25, 0.3) is 10.8 Å². The third-order valence-electron chi connectivity index (χ3n) is 4.35. The number of benzene rings is 3. The van der Waals surface area contributed by atoms with E-state index in [0.717, 1.165) is 23.6 Å². The number of hydrogen-bond acceptors (Lipinski definition) is 3. The maximum Gasteiger partial charge on any atom is 0.240 e. The highest BCUT2D eigenvalue weighted by atomic mass is 16.3. The van der Waals surface area contributed by atoms with Gasteiger partial charge >= 0.3 is 0 Å². The maximum atomic E-state index is 12.0. The van der Waals surface area contributed by atoms with Gasteiger partial charge in [-0.05, 0) is 36.8 Å². The highest BCUT2D eigenvalue weighted by Gasteiger charge is 2.09. The Morgan fingerprint density at radius 3 is 2.54 bits per heavy atom. The molecule has 0 aliphatic heterocycles. The van der Waals surface area contributed by atoms with Crippen LogP contribution in [0.5, 0.6) is 5.75 Å². The molecule has 1 amide bonds. The van der Waals surface area contributed by atoms with Crippen molar-refractivity contribution in [3.05, 3.63) is 77.9 Å². The molecular weight excluding hydrogens is 324 g/mol. The van der Waals surface area contributed by atoms with Gasteiger partial charge in [0.1, 0.15) is 5.75 Å². The fourth-order valence-electron chi connectivity index (χ4n) is 2.91. The third kappa shape index (κ3) is 4.28. The average Bonchev–Trinajstić information content (AvgIpc) is 2.67. The number of fused-ring (bicyclic) bond motifs is 1. The first-order chi connectivity index (χ1) is 12.6. The van der Waals surface area contributed by atoms with Crippen LogP contribution >= 0.6 is 0 Å². The van der Waals surface area contributed by atoms with Gasteiger partial charge in [-0.25, -0.2) is 5.43 Å². The molecule has 2 N–H and O–H groups in total. The lowest BCUT2D eigenvalue weighted by Crippen LogP contribution is -2.19. The molecule has 0 bridgehead atoms. The number of hydrogen-bond donors (Lipinski definition) is 2. The van der Waals surface area contributed by atoms with Crippen LogP contribution in [0, 0.1) is 0 Å². The molecule has 4 heteroatoms. The quantitative estimate of drug-likeness (QED) is 0.513. The molecule has 0 aromatic heterocycles. The number of rotatable bonds is 6. The summed E-state index contributed by atoms with van der Waals surface area (Å²) in [6, 6.07) is 21.5. The van der Waals surface area contributed by atoms with E-state index in [0.29, 0.717) is 17.7 Å². The smallest absolute Gasteiger partial charge is 0.240 e. The van der Waals surface area contributed by atoms with Gasteiger partial charge in [-0.2, -0.15) is 5.10 Å². The largest absolute Gasteiger partial charge is 0.507 e. The van der Waals surface area contributed by atoms with E-state index in [-0.39, 0.29) is 11.7 Å². The number of phenols is 1. The van der Waals surface area contributed by atoms with Crippen LogP contribution in [0.2, 0.25) is 0 Å². The second kappa shape index (κ2) is 8.30. The van der Waals surface area contributed by atoms with Crippen LogP contribution in [0.1, 0.15) is 30.9 Å². The molecule has 0 saturated carbocycles. The fourth-order valence-corrected chi connectivity index (χ4v) is 2.91. The van der Waals surface area contributed by atoms with E-state index in [1.54, 1.807) is 6.92 Å². The Bertz CT molecular complexity index is 933. The standard InChI is InChI=1S/C22H22N2O2/c1-16(19-15-14-18-11-5-6-12-20(18)22(19)26)23-24-21(25)13-7-10-17-8-3-2-4-9-17/h2-6,8-9,11-12,14-15,26H,7,10,13H2,1H3,(H,24,25)/b23-16-. The second-order valence-corrected chi connectivity index (χ2v) is 6.25. The van der Waals surface area contributed by atoms with Crippen molar-refractivity contribution < 1.29 is 9.90 Å². The zero-order valence-electron chi connectivity index (χ0n) is 14.8. The molecule has 0 saturated heterocycles. The Morgan fingerprint density at radius 1 is 1.00 bits per heavy atom. The first-order valence-electron chi connectivity index (χ1n) is 8.73. The van der Waals surface area contributed by atoms with Crippen LogP contribution in [-0.2, 0) is 11.2 Å². The third-order valence-corrected chi connectivity index (χ3v) is 4.35. The lowest BCUT2D eigenvalue weighted by atomic mass is 10.0. The van der Waals surface area contributed by atoms with Crippen molar-refractivity contribution in [3.8, 4) is 5.75 Å². The molecule has 0 aliphatic carbocycles. The van der Waals surface area contributed by atoms with Crippen LogP contribution in [0.3, 0.4) is 0 Å². The van der Waals surface area contributed by atoms with Crippen molar-refractivity contribution in [2.75, 3.05) is 0 Å². The lowest BCUT2D eigenvalue weighted by molar-refractivity contribution is -0.121. The number of hydrazone groups is 1. The summed E-state index contributed by atoms with van der Waals surface area (Å²) in [4.78, 5) is 12.0. The van der Waals surface area contributed by atoms with Gasteiger partial charge in [0, 0.05) is 17.4 Å². The minimum Gasteiger partial charge on any atom is -0.507 e. The summed E-state index contributed by atoms with van der Waals surface area (Å²) in [5.74, 6) is 0.0586. The summed E-state index contributed by atoms with van der Waals surface area (Å²) < 4.78 is 0. The molecule has 0 aliphatic rings. The number of phenolic OH excluding ortho intramolecular Hbond substituents is 1. The van der Waals surface area contributed by atoms with E-state index in [4.69, 9.17) is 0 Å². The van der Waals surface area contributed by atoms with Crippen molar-refractivity contribution in [1.82, 2.24) is 5.43 Å². The number of nitrogens with zero attached hydrogens (tertiary/aromatic N) is 1. The van der Waals surface area contributed by atoms with Gasteiger partial charge in [-0.1, -0.05) is 60.7 Å². The molecule has 0 spiro atoms. The molecule has 0 heterocycles. The summed E-state index contributed by atoms with van der Waals surface area (Å²) in [6.07, 6.45) is 2.05. The number of carbonyl (C=O) groups is 1. The molecular formula is C22H22N2O2. The predicted molar refractivity (Wildman–Crippen MR) is 105 cm³/mol. The van der Waals surface area contributed by atoms with E-state index in [2.05, 4.69) is 22.7 Å². The Morgan fingerprint density at radius 2 is 1.73 bits per heavy atom. The van der Waals surface area contributed by atoms with Crippen molar-refractivity contribution >= 4 is 22.4 Å². The Balaban J connectivity index is 1.59. The van der Waals surface area contributed by atoms with Gasteiger partial charge < -0.3 is 5.11 Å². The number of amides is 1. The summed E-state index contributed by atoms with van der Waals surface area (Å²) >= 11 is 0. The highest BCUT2D eigenvalue weighted by molar-refractivity contribution is 6.06. The van der Waals surface area contributed by atoms with E-state index < -0.39 is 0 Å². The summed E-state index contributed by atoms with van der Waals surface area (Å²) in [7, 11) is 0. The topological polar surface area (TPSA) is 61.7 Å². The number of aryl methyl sites for hydroxylation is 1. The average molecular weight is 346 g/mol. The fraction of sp³-hybridized carbons (Fsp3) is 0.182. The van der Waals surface area contributed by atoms with Gasteiger partial charge in [0.05, 0.1) is 5.71 Å². The van der Waals surface area contributed by atoms with Crippen molar-refractivity contribution in [2.24, 2.45) is 5.10 Å². The first-order valence-corrected chi connectivity index (χ1v) is 8.73. The monoisotopic (exact) mass is 346 g/mol. The van der Waals surface area contributed by atoms with Crippen LogP contribution in [-0.4, -0.2) is 16.7 Å². The summed E-state index contributed by atoms with van der Waals surface area (Å²) in [6.45, 7) is 1.77. The van der Waals surface area contributed by atoms with Gasteiger partial charge in [-0.3, -0.25) is 4.79 Å². The minimum absolute atomic E-state index is 0.124. The lowest BCUT2D eigenvalue weighted by Gasteiger charge is -2.08. The molecule has 3 aromatic carbocycles. The van der Waals surface area contributed by atoms with E-state index in [9.17, 15) is 9.90 Å². The molecule has 0 radical (unpaired) electrons. The first kappa shape index (κ1) is 17.7. The maximum absolute atomic E-state index is 12.0. The number of aromatic hydroxyl groups is 1. The molecule has 4 nitrogen and oxygen atoms in total. The normalized spacial score (nSPS) is 11.5. The number of nitrogens with one attached hydrogen (secondary N) is 1. The molecule has 132 valence electrons. The predicted octanol–water partition coefficient (Wildman–Crippen LogP) is 4.41. The van der Waals surface area contributed by atoms with Crippen LogP contribution < -0.4 is 5.43 Å². The van der Waals surface area contributed by atoms with E-state index in [1.165, 1.54) is 5.56 Å². The molecule has 3 rings (SSSR count).